The zero-order valence-corrected chi connectivity index (χ0v) is 24.4. The number of hydrogen-bond acceptors (Lipinski definition) is 10. The third-order valence-electron chi connectivity index (χ3n) is 6.23. The van der Waals surface area contributed by atoms with Gasteiger partial charge in [0.25, 0.3) is 5.91 Å². The van der Waals surface area contributed by atoms with E-state index in [-0.39, 0.29) is 5.91 Å². The second-order valence-electron chi connectivity index (χ2n) is 8.88. The first-order chi connectivity index (χ1) is 20.0. The number of carbonyl (C=O) groups excluding carboxylic acids is 1. The standard InChI is InChI=1S/C30H29N5O4S2/c1-37-23-15-21(16-24(38-2)25(23)39-3)33-30-35-27(31)26(41-30)29-34-22(17-40-29)19-10-7-11-20(14-19)28(36)32-13-12-18-8-5-4-6-9-18/h4-11,14-17H,12-13,31H2,1-3H3,(H,32,36)(H,33,35). The minimum atomic E-state index is -0.118. The summed E-state index contributed by atoms with van der Waals surface area (Å²) >= 11 is 2.86. The Hall–Kier alpha value is -4.61. The fraction of sp³-hybridized carbons (Fsp3) is 0.167. The van der Waals surface area contributed by atoms with Crippen LogP contribution in [-0.2, 0) is 6.42 Å². The van der Waals surface area contributed by atoms with Gasteiger partial charge in [0, 0.05) is 40.9 Å². The predicted molar refractivity (Wildman–Crippen MR) is 165 cm³/mol. The molecule has 0 aliphatic heterocycles. The molecule has 1 amide bonds. The number of hydrogen-bond donors (Lipinski definition) is 3. The lowest BCUT2D eigenvalue weighted by molar-refractivity contribution is 0.0954. The Kier molecular flexibility index (Phi) is 8.66. The van der Waals surface area contributed by atoms with E-state index in [4.69, 9.17) is 24.9 Å². The van der Waals surface area contributed by atoms with Crippen molar-refractivity contribution in [1.29, 1.82) is 0 Å². The molecule has 0 saturated carbocycles. The molecular weight excluding hydrogens is 558 g/mol. The Bertz CT molecular complexity index is 1630. The second kappa shape index (κ2) is 12.7. The summed E-state index contributed by atoms with van der Waals surface area (Å²) < 4.78 is 16.3. The van der Waals surface area contributed by atoms with Crippen molar-refractivity contribution < 1.29 is 19.0 Å². The number of nitrogens with zero attached hydrogens (tertiary/aromatic N) is 2. The highest BCUT2D eigenvalue weighted by atomic mass is 32.1. The molecule has 0 bridgehead atoms. The molecule has 0 radical (unpaired) electrons. The number of ether oxygens (including phenoxy) is 3. The normalized spacial score (nSPS) is 10.7. The molecule has 4 N–H and O–H groups in total. The average molecular weight is 588 g/mol. The highest BCUT2D eigenvalue weighted by Gasteiger charge is 2.18. The summed E-state index contributed by atoms with van der Waals surface area (Å²) in [6.07, 6.45) is 0.772. The first-order valence-electron chi connectivity index (χ1n) is 12.7. The summed E-state index contributed by atoms with van der Waals surface area (Å²) in [6.45, 7) is 0.561. The van der Waals surface area contributed by atoms with E-state index >= 15 is 0 Å². The molecule has 0 aliphatic rings. The summed E-state index contributed by atoms with van der Waals surface area (Å²) in [7, 11) is 4.69. The Morgan fingerprint density at radius 2 is 1.68 bits per heavy atom. The van der Waals surface area contributed by atoms with Crippen molar-refractivity contribution in [3.8, 4) is 38.4 Å². The maximum absolute atomic E-state index is 12.8. The van der Waals surface area contributed by atoms with Crippen LogP contribution in [0.1, 0.15) is 15.9 Å². The van der Waals surface area contributed by atoms with Crippen LogP contribution in [0.25, 0.3) is 21.1 Å². The maximum Gasteiger partial charge on any atom is 0.251 e. The molecule has 2 aromatic heterocycles. The minimum absolute atomic E-state index is 0.118. The number of aromatic nitrogens is 2. The Labute approximate surface area is 246 Å². The van der Waals surface area contributed by atoms with Crippen molar-refractivity contribution in [3.05, 3.63) is 83.2 Å². The number of methoxy groups -OCH3 is 3. The molecular formula is C30H29N5O4S2. The summed E-state index contributed by atoms with van der Waals surface area (Å²) in [5, 5.41) is 9.55. The van der Waals surface area contributed by atoms with Gasteiger partial charge in [-0.3, -0.25) is 4.79 Å². The Balaban J connectivity index is 1.29. The van der Waals surface area contributed by atoms with Crippen LogP contribution >= 0.6 is 22.7 Å². The van der Waals surface area contributed by atoms with E-state index in [1.165, 1.54) is 28.2 Å². The predicted octanol–water partition coefficient (Wildman–Crippen LogP) is 6.26. The molecule has 0 spiro atoms. The van der Waals surface area contributed by atoms with Crippen molar-refractivity contribution in [2.24, 2.45) is 0 Å². The van der Waals surface area contributed by atoms with E-state index in [1.54, 1.807) is 39.5 Å². The van der Waals surface area contributed by atoms with Gasteiger partial charge in [0.1, 0.15) is 15.7 Å². The lowest BCUT2D eigenvalue weighted by atomic mass is 10.1. The molecule has 210 valence electrons. The first-order valence-corrected chi connectivity index (χ1v) is 14.4. The number of nitrogens with one attached hydrogen (secondary N) is 2. The van der Waals surface area contributed by atoms with Crippen molar-refractivity contribution >= 4 is 45.2 Å². The van der Waals surface area contributed by atoms with Gasteiger partial charge in [0.2, 0.25) is 5.75 Å². The van der Waals surface area contributed by atoms with Crippen molar-refractivity contribution in [2.75, 3.05) is 38.9 Å². The fourth-order valence-electron chi connectivity index (χ4n) is 4.21. The largest absolute Gasteiger partial charge is 0.493 e. The highest BCUT2D eigenvalue weighted by molar-refractivity contribution is 7.23. The van der Waals surface area contributed by atoms with Gasteiger partial charge in [0.05, 0.1) is 27.0 Å². The van der Waals surface area contributed by atoms with Crippen LogP contribution in [0.15, 0.2) is 72.1 Å². The van der Waals surface area contributed by atoms with Crippen molar-refractivity contribution in [3.63, 3.8) is 0 Å². The molecule has 0 saturated heterocycles. The van der Waals surface area contributed by atoms with E-state index in [0.29, 0.717) is 46.0 Å². The zero-order valence-electron chi connectivity index (χ0n) is 22.8. The van der Waals surface area contributed by atoms with Crippen LogP contribution in [0, 0.1) is 0 Å². The lowest BCUT2D eigenvalue weighted by Crippen LogP contribution is -2.25. The smallest absolute Gasteiger partial charge is 0.251 e. The topological polar surface area (TPSA) is 121 Å². The third kappa shape index (κ3) is 6.42. The van der Waals surface area contributed by atoms with E-state index in [0.717, 1.165) is 27.6 Å². The molecule has 5 aromatic rings. The van der Waals surface area contributed by atoms with E-state index in [1.807, 2.05) is 41.8 Å². The third-order valence-corrected chi connectivity index (χ3v) is 8.21. The fourth-order valence-corrected chi connectivity index (χ4v) is 6.05. The molecule has 9 nitrogen and oxygen atoms in total. The summed E-state index contributed by atoms with van der Waals surface area (Å²) in [5.41, 5.74) is 10.4. The first kappa shape index (κ1) is 27.9. The molecule has 2 heterocycles. The Morgan fingerprint density at radius 1 is 0.927 bits per heavy atom. The van der Waals surface area contributed by atoms with E-state index in [9.17, 15) is 4.79 Å². The Morgan fingerprint density at radius 3 is 2.39 bits per heavy atom. The number of nitrogens with two attached hydrogens (primary N) is 1. The summed E-state index contributed by atoms with van der Waals surface area (Å²) in [4.78, 5) is 22.8. The van der Waals surface area contributed by atoms with E-state index < -0.39 is 0 Å². The van der Waals surface area contributed by atoms with Gasteiger partial charge in [-0.1, -0.05) is 53.8 Å². The molecule has 0 atom stereocenters. The van der Waals surface area contributed by atoms with E-state index in [2.05, 4.69) is 27.8 Å². The van der Waals surface area contributed by atoms with Gasteiger partial charge in [-0.05, 0) is 24.1 Å². The molecule has 5 rings (SSSR count). The average Bonchev–Trinajstić information content (AvgIpc) is 3.63. The molecule has 0 unspecified atom stereocenters. The van der Waals surface area contributed by atoms with Crippen LogP contribution in [0.5, 0.6) is 17.2 Å². The van der Waals surface area contributed by atoms with Gasteiger partial charge >= 0.3 is 0 Å². The number of nitrogen functional groups attached to an aromatic ring is 1. The monoisotopic (exact) mass is 587 g/mol. The van der Waals surface area contributed by atoms with Crippen LogP contribution in [0.4, 0.5) is 16.6 Å². The molecule has 0 fully saturated rings. The number of rotatable bonds is 11. The van der Waals surface area contributed by atoms with Gasteiger partial charge in [-0.2, -0.15) is 0 Å². The number of carbonyl (C=O) groups is 1. The van der Waals surface area contributed by atoms with Crippen LogP contribution < -0.4 is 30.6 Å². The van der Waals surface area contributed by atoms with Crippen molar-refractivity contribution in [1.82, 2.24) is 15.3 Å². The molecule has 41 heavy (non-hydrogen) atoms. The number of benzene rings is 3. The molecule has 3 aromatic carbocycles. The zero-order chi connectivity index (χ0) is 28.8. The van der Waals surface area contributed by atoms with Crippen LogP contribution in [0.3, 0.4) is 0 Å². The number of anilines is 3. The lowest BCUT2D eigenvalue weighted by Gasteiger charge is -2.14. The molecule has 11 heteroatoms. The SMILES string of the molecule is COc1cc(Nc2nc(N)c(-c3nc(-c4cccc(C(=O)NCCc5ccccc5)c4)cs3)s2)cc(OC)c1OC. The van der Waals surface area contributed by atoms with Gasteiger partial charge in [0.15, 0.2) is 16.6 Å². The number of thiazole rings is 2. The highest BCUT2D eigenvalue weighted by Crippen LogP contribution is 2.43. The number of amides is 1. The summed E-state index contributed by atoms with van der Waals surface area (Å²) in [5.74, 6) is 1.81. The quantitative estimate of drug-likeness (QED) is 0.166. The van der Waals surface area contributed by atoms with Gasteiger partial charge in [-0.25, -0.2) is 9.97 Å². The molecule has 0 aliphatic carbocycles. The minimum Gasteiger partial charge on any atom is -0.493 e. The van der Waals surface area contributed by atoms with Crippen molar-refractivity contribution in [2.45, 2.75) is 6.42 Å². The maximum atomic E-state index is 12.8. The van der Waals surface area contributed by atoms with Gasteiger partial charge < -0.3 is 30.6 Å². The summed E-state index contributed by atoms with van der Waals surface area (Å²) in [6, 6.07) is 21.1. The van der Waals surface area contributed by atoms with Gasteiger partial charge in [-0.15, -0.1) is 11.3 Å². The second-order valence-corrected chi connectivity index (χ2v) is 10.7. The van der Waals surface area contributed by atoms with Crippen LogP contribution in [-0.4, -0.2) is 43.7 Å². The van der Waals surface area contributed by atoms with Crippen LogP contribution in [0.2, 0.25) is 0 Å².